The Balaban J connectivity index is 2.13. The first kappa shape index (κ1) is 11.6. The average molecular weight is 241 g/mol. The molecule has 0 aliphatic heterocycles. The van der Waals surface area contributed by atoms with Crippen LogP contribution in [0.5, 0.6) is 0 Å². The van der Waals surface area contributed by atoms with Gasteiger partial charge in [0.25, 0.3) is 0 Å². The highest BCUT2D eigenvalue weighted by Crippen LogP contribution is 2.29. The molecular formula is C11H17ClN4. The quantitative estimate of drug-likeness (QED) is 0.820. The van der Waals surface area contributed by atoms with Crippen LogP contribution in [0.2, 0.25) is 5.28 Å². The van der Waals surface area contributed by atoms with Crippen LogP contribution in [0.4, 0.5) is 5.95 Å². The summed E-state index contributed by atoms with van der Waals surface area (Å²) in [6, 6.07) is 0. The first-order valence-electron chi connectivity index (χ1n) is 5.92. The molecule has 88 valence electrons. The zero-order valence-electron chi connectivity index (χ0n) is 9.32. The van der Waals surface area contributed by atoms with Gasteiger partial charge in [0.05, 0.1) is 0 Å². The first-order valence-corrected chi connectivity index (χ1v) is 6.30. The minimum absolute atomic E-state index is 0.213. The highest BCUT2D eigenvalue weighted by atomic mass is 35.5. The topological polar surface area (TPSA) is 64.7 Å². The Morgan fingerprint density at radius 3 is 2.19 bits per heavy atom. The molecule has 4 nitrogen and oxygen atoms in total. The van der Waals surface area contributed by atoms with E-state index in [1.165, 1.54) is 32.1 Å². The second-order valence-electron chi connectivity index (χ2n) is 4.36. The van der Waals surface area contributed by atoms with Crippen molar-refractivity contribution in [1.82, 2.24) is 15.0 Å². The predicted octanol–water partition coefficient (Wildman–Crippen LogP) is 2.94. The molecule has 5 heteroatoms. The van der Waals surface area contributed by atoms with E-state index in [-0.39, 0.29) is 11.2 Å². The van der Waals surface area contributed by atoms with Gasteiger partial charge < -0.3 is 5.73 Å². The van der Waals surface area contributed by atoms with E-state index in [1.54, 1.807) is 0 Å². The van der Waals surface area contributed by atoms with Crippen molar-refractivity contribution in [3.63, 3.8) is 0 Å². The summed E-state index contributed by atoms with van der Waals surface area (Å²) >= 11 is 5.80. The van der Waals surface area contributed by atoms with Gasteiger partial charge in [-0.15, -0.1) is 0 Å². The Morgan fingerprint density at radius 2 is 1.56 bits per heavy atom. The Labute approximate surface area is 101 Å². The number of halogens is 1. The number of aromatic nitrogens is 3. The van der Waals surface area contributed by atoms with Crippen molar-refractivity contribution in [1.29, 1.82) is 0 Å². The van der Waals surface area contributed by atoms with Gasteiger partial charge in [0.1, 0.15) is 5.82 Å². The van der Waals surface area contributed by atoms with Crippen LogP contribution in [0.1, 0.15) is 56.7 Å². The van der Waals surface area contributed by atoms with Gasteiger partial charge in [-0.3, -0.25) is 0 Å². The highest BCUT2D eigenvalue weighted by Gasteiger charge is 2.17. The summed E-state index contributed by atoms with van der Waals surface area (Å²) in [7, 11) is 0. The number of rotatable bonds is 1. The molecule has 0 amide bonds. The highest BCUT2D eigenvalue weighted by molar-refractivity contribution is 6.28. The van der Waals surface area contributed by atoms with Crippen LogP contribution in [-0.2, 0) is 0 Å². The van der Waals surface area contributed by atoms with E-state index in [9.17, 15) is 0 Å². The van der Waals surface area contributed by atoms with E-state index in [0.29, 0.717) is 5.92 Å². The normalized spacial score (nSPS) is 19.1. The Kier molecular flexibility index (Phi) is 3.93. The van der Waals surface area contributed by atoms with E-state index >= 15 is 0 Å². The number of nitrogens with zero attached hydrogens (tertiary/aromatic N) is 3. The standard InChI is InChI=1S/C11H17ClN4/c12-10-14-9(15-11(13)16-10)8-6-4-2-1-3-5-7-8/h8H,1-7H2,(H2,13,14,15,16). The number of hydrogen-bond acceptors (Lipinski definition) is 4. The first-order chi connectivity index (χ1) is 7.75. The molecule has 0 bridgehead atoms. The molecule has 0 saturated heterocycles. The van der Waals surface area contributed by atoms with Gasteiger partial charge in [-0.05, 0) is 24.4 Å². The lowest BCUT2D eigenvalue weighted by atomic mass is 9.90. The second kappa shape index (κ2) is 5.43. The van der Waals surface area contributed by atoms with Crippen LogP contribution in [0.15, 0.2) is 0 Å². The summed E-state index contributed by atoms with van der Waals surface area (Å²) < 4.78 is 0. The van der Waals surface area contributed by atoms with Crippen LogP contribution in [0, 0.1) is 0 Å². The molecule has 0 unspecified atom stereocenters. The lowest BCUT2D eigenvalue weighted by Crippen LogP contribution is -2.10. The molecule has 1 aromatic heterocycles. The van der Waals surface area contributed by atoms with E-state index in [4.69, 9.17) is 17.3 Å². The lowest BCUT2D eigenvalue weighted by Gasteiger charge is -2.18. The van der Waals surface area contributed by atoms with Crippen molar-refractivity contribution in [2.75, 3.05) is 5.73 Å². The minimum atomic E-state index is 0.213. The van der Waals surface area contributed by atoms with E-state index in [0.717, 1.165) is 18.7 Å². The SMILES string of the molecule is Nc1nc(Cl)nc(C2CCCCCCC2)n1. The molecule has 1 aliphatic rings. The summed E-state index contributed by atoms with van der Waals surface area (Å²) in [6.45, 7) is 0. The summed E-state index contributed by atoms with van der Waals surface area (Å²) in [5.74, 6) is 1.42. The van der Waals surface area contributed by atoms with Crippen LogP contribution in [0.25, 0.3) is 0 Å². The Bertz CT molecular complexity index is 328. The molecule has 1 heterocycles. The molecule has 2 rings (SSSR count). The van der Waals surface area contributed by atoms with Gasteiger partial charge in [0.2, 0.25) is 11.2 Å². The smallest absolute Gasteiger partial charge is 0.227 e. The molecule has 1 aliphatic carbocycles. The summed E-state index contributed by atoms with van der Waals surface area (Å²) in [5.41, 5.74) is 5.59. The Hall–Kier alpha value is -0.900. The fourth-order valence-corrected chi connectivity index (χ4v) is 2.45. The number of nitrogens with two attached hydrogens (primary N) is 1. The van der Waals surface area contributed by atoms with Gasteiger partial charge in [-0.25, -0.2) is 4.98 Å². The maximum absolute atomic E-state index is 5.80. The van der Waals surface area contributed by atoms with Gasteiger partial charge in [0, 0.05) is 5.92 Å². The van der Waals surface area contributed by atoms with E-state index in [1.807, 2.05) is 0 Å². The fourth-order valence-electron chi connectivity index (χ4n) is 2.28. The molecule has 0 aromatic carbocycles. The molecular weight excluding hydrogens is 224 g/mol. The Morgan fingerprint density at radius 1 is 0.938 bits per heavy atom. The third-order valence-corrected chi connectivity index (χ3v) is 3.28. The third-order valence-electron chi connectivity index (χ3n) is 3.11. The molecule has 0 spiro atoms. The van der Waals surface area contributed by atoms with Gasteiger partial charge >= 0.3 is 0 Å². The van der Waals surface area contributed by atoms with Crippen molar-refractivity contribution in [2.45, 2.75) is 50.9 Å². The lowest BCUT2D eigenvalue weighted by molar-refractivity contribution is 0.442. The average Bonchev–Trinajstić information content (AvgIpc) is 2.14. The van der Waals surface area contributed by atoms with Crippen LogP contribution >= 0.6 is 11.6 Å². The van der Waals surface area contributed by atoms with Crippen LogP contribution in [-0.4, -0.2) is 15.0 Å². The van der Waals surface area contributed by atoms with Gasteiger partial charge in [-0.1, -0.05) is 32.1 Å². The van der Waals surface area contributed by atoms with Crippen LogP contribution in [0.3, 0.4) is 0 Å². The number of hydrogen-bond donors (Lipinski definition) is 1. The van der Waals surface area contributed by atoms with Gasteiger partial charge in [-0.2, -0.15) is 9.97 Å². The molecule has 1 aromatic rings. The molecule has 16 heavy (non-hydrogen) atoms. The van der Waals surface area contributed by atoms with Crippen molar-refractivity contribution in [2.24, 2.45) is 0 Å². The zero-order valence-corrected chi connectivity index (χ0v) is 10.1. The summed E-state index contributed by atoms with van der Waals surface area (Å²) in [5, 5.41) is 0.213. The van der Waals surface area contributed by atoms with Crippen molar-refractivity contribution < 1.29 is 0 Å². The number of anilines is 1. The largest absolute Gasteiger partial charge is 0.368 e. The third kappa shape index (κ3) is 3.04. The number of nitrogen functional groups attached to an aromatic ring is 1. The van der Waals surface area contributed by atoms with E-state index in [2.05, 4.69) is 15.0 Å². The molecule has 0 radical (unpaired) electrons. The molecule has 2 N–H and O–H groups in total. The molecule has 0 atom stereocenters. The van der Waals surface area contributed by atoms with Crippen molar-refractivity contribution in [3.8, 4) is 0 Å². The second-order valence-corrected chi connectivity index (χ2v) is 4.70. The maximum atomic E-state index is 5.80. The zero-order chi connectivity index (χ0) is 11.4. The predicted molar refractivity (Wildman–Crippen MR) is 64.3 cm³/mol. The maximum Gasteiger partial charge on any atom is 0.227 e. The van der Waals surface area contributed by atoms with Crippen molar-refractivity contribution in [3.05, 3.63) is 11.1 Å². The van der Waals surface area contributed by atoms with Crippen molar-refractivity contribution >= 4 is 17.5 Å². The summed E-state index contributed by atoms with van der Waals surface area (Å²) in [6.07, 6.45) is 8.74. The molecule has 1 saturated carbocycles. The minimum Gasteiger partial charge on any atom is -0.368 e. The summed E-state index contributed by atoms with van der Waals surface area (Å²) in [4.78, 5) is 12.2. The molecule has 1 fully saturated rings. The van der Waals surface area contributed by atoms with Gasteiger partial charge in [0.15, 0.2) is 0 Å². The van der Waals surface area contributed by atoms with E-state index < -0.39 is 0 Å². The fraction of sp³-hybridized carbons (Fsp3) is 0.727. The van der Waals surface area contributed by atoms with Crippen LogP contribution < -0.4 is 5.73 Å². The monoisotopic (exact) mass is 240 g/mol.